The van der Waals surface area contributed by atoms with Gasteiger partial charge in [0.15, 0.2) is 0 Å². The molecule has 100 valence electrons. The number of carbonyl (C=O) groups is 1. The molecule has 0 aliphatic rings. The van der Waals surface area contributed by atoms with Crippen molar-refractivity contribution < 1.29 is 9.32 Å². The summed E-state index contributed by atoms with van der Waals surface area (Å²) < 4.78 is 5.02. The second-order valence-electron chi connectivity index (χ2n) is 3.80. The minimum atomic E-state index is -0.537. The summed E-state index contributed by atoms with van der Waals surface area (Å²) in [6.45, 7) is 0. The van der Waals surface area contributed by atoms with Crippen LogP contribution in [-0.2, 0) is 0 Å². The molecule has 0 saturated carbocycles. The highest BCUT2D eigenvalue weighted by atomic mass is 32.1. The molecule has 0 bridgehead atoms. The largest absolute Gasteiger partial charge is 0.338 e. The van der Waals surface area contributed by atoms with Crippen LogP contribution in [-0.4, -0.2) is 21.0 Å². The van der Waals surface area contributed by atoms with Gasteiger partial charge in [-0.25, -0.2) is 4.98 Å². The van der Waals surface area contributed by atoms with E-state index in [9.17, 15) is 9.59 Å². The van der Waals surface area contributed by atoms with Gasteiger partial charge in [-0.2, -0.15) is 0 Å². The predicted octanol–water partition coefficient (Wildman–Crippen LogP) is 1.74. The number of rotatable bonds is 3. The zero-order valence-corrected chi connectivity index (χ0v) is 10.8. The summed E-state index contributed by atoms with van der Waals surface area (Å²) >= 11 is 1.51. The summed E-state index contributed by atoms with van der Waals surface area (Å²) in [5.74, 6) is -0.342. The van der Waals surface area contributed by atoms with Gasteiger partial charge in [-0.05, 0) is 11.4 Å². The van der Waals surface area contributed by atoms with Crippen molar-refractivity contribution in [2.45, 2.75) is 0 Å². The van der Waals surface area contributed by atoms with Crippen LogP contribution in [0.5, 0.6) is 0 Å². The number of carbonyl (C=O) groups excluding carboxylic acids is 1. The Labute approximate surface area is 116 Å². The van der Waals surface area contributed by atoms with E-state index in [1.165, 1.54) is 11.3 Å². The van der Waals surface area contributed by atoms with E-state index >= 15 is 0 Å². The average Bonchev–Trinajstić information content (AvgIpc) is 3.08. The van der Waals surface area contributed by atoms with E-state index in [0.717, 1.165) is 17.3 Å². The minimum absolute atomic E-state index is 0.00261. The molecule has 0 aromatic carbocycles. The summed E-state index contributed by atoms with van der Waals surface area (Å²) in [4.78, 5) is 30.0. The average molecular weight is 288 g/mol. The minimum Gasteiger partial charge on any atom is -0.338 e. The molecule has 0 unspecified atom stereocenters. The van der Waals surface area contributed by atoms with Crippen molar-refractivity contribution in [3.05, 3.63) is 52.0 Å². The molecule has 3 aromatic rings. The van der Waals surface area contributed by atoms with Gasteiger partial charge in [-0.1, -0.05) is 11.2 Å². The van der Waals surface area contributed by atoms with Gasteiger partial charge in [-0.3, -0.25) is 14.9 Å². The molecule has 0 saturated heterocycles. The Hall–Kier alpha value is -2.74. The first-order chi connectivity index (χ1) is 9.72. The van der Waals surface area contributed by atoms with Crippen LogP contribution < -0.4 is 10.9 Å². The number of hydrogen-bond donors (Lipinski definition) is 2. The van der Waals surface area contributed by atoms with Gasteiger partial charge in [0.2, 0.25) is 5.88 Å². The standard InChI is InChI=1S/C12H8N4O3S/c17-10-4-8(13-6-14-10)12(18)15-11-5-7(16-19-11)9-2-1-3-20-9/h1-6H,(H,15,18)(H,13,14,17). The Bertz CT molecular complexity index is 791. The lowest BCUT2D eigenvalue weighted by Crippen LogP contribution is -2.17. The van der Waals surface area contributed by atoms with E-state index in [0.29, 0.717) is 5.69 Å². The molecular formula is C12H8N4O3S. The highest BCUT2D eigenvalue weighted by Crippen LogP contribution is 2.25. The van der Waals surface area contributed by atoms with E-state index < -0.39 is 11.5 Å². The van der Waals surface area contributed by atoms with Crippen molar-refractivity contribution in [3.8, 4) is 10.6 Å². The third kappa shape index (κ3) is 2.50. The molecule has 0 aliphatic carbocycles. The first kappa shape index (κ1) is 12.3. The number of nitrogens with one attached hydrogen (secondary N) is 2. The fourth-order valence-corrected chi connectivity index (χ4v) is 2.22. The summed E-state index contributed by atoms with van der Waals surface area (Å²) in [5.41, 5.74) is 0.235. The highest BCUT2D eigenvalue weighted by Gasteiger charge is 2.13. The molecule has 1 amide bonds. The molecule has 0 spiro atoms. The van der Waals surface area contributed by atoms with Crippen LogP contribution in [0.15, 0.2) is 45.3 Å². The van der Waals surface area contributed by atoms with Crippen molar-refractivity contribution >= 4 is 23.1 Å². The number of H-pyrrole nitrogens is 1. The molecule has 3 rings (SSSR count). The van der Waals surface area contributed by atoms with Crippen LogP contribution in [0.1, 0.15) is 10.5 Å². The lowest BCUT2D eigenvalue weighted by atomic mass is 10.3. The molecule has 8 heteroatoms. The number of anilines is 1. The SMILES string of the molecule is O=C(Nc1cc(-c2cccs2)no1)c1cc(=O)[nH]cn1. The molecule has 7 nitrogen and oxygen atoms in total. The van der Waals surface area contributed by atoms with Gasteiger partial charge >= 0.3 is 0 Å². The number of aromatic amines is 1. The molecular weight excluding hydrogens is 280 g/mol. The molecule has 20 heavy (non-hydrogen) atoms. The third-order valence-corrected chi connectivity index (χ3v) is 3.32. The summed E-state index contributed by atoms with van der Waals surface area (Å²) in [6, 6.07) is 6.50. The molecule has 2 N–H and O–H groups in total. The normalized spacial score (nSPS) is 10.4. The summed E-state index contributed by atoms with van der Waals surface area (Å²) in [5, 5.41) is 8.26. The quantitative estimate of drug-likeness (QED) is 0.764. The predicted molar refractivity (Wildman–Crippen MR) is 72.6 cm³/mol. The smallest absolute Gasteiger partial charge is 0.276 e. The van der Waals surface area contributed by atoms with Gasteiger partial charge in [0.05, 0.1) is 11.2 Å². The number of hydrogen-bond acceptors (Lipinski definition) is 6. The Morgan fingerprint density at radius 3 is 3.05 bits per heavy atom. The summed E-state index contributed by atoms with van der Waals surface area (Å²) in [7, 11) is 0. The fourth-order valence-electron chi connectivity index (χ4n) is 1.54. The zero-order valence-electron chi connectivity index (χ0n) is 9.99. The summed E-state index contributed by atoms with van der Waals surface area (Å²) in [6.07, 6.45) is 1.16. The Kier molecular flexibility index (Phi) is 3.13. The highest BCUT2D eigenvalue weighted by molar-refractivity contribution is 7.13. The van der Waals surface area contributed by atoms with Crippen molar-refractivity contribution in [2.24, 2.45) is 0 Å². The van der Waals surface area contributed by atoms with E-state index in [1.807, 2.05) is 17.5 Å². The van der Waals surface area contributed by atoms with E-state index in [-0.39, 0.29) is 11.6 Å². The van der Waals surface area contributed by atoms with Gasteiger partial charge in [0.25, 0.3) is 11.5 Å². The Balaban J connectivity index is 1.78. The topological polar surface area (TPSA) is 101 Å². The van der Waals surface area contributed by atoms with Crippen LogP contribution >= 0.6 is 11.3 Å². The van der Waals surface area contributed by atoms with Gasteiger partial charge < -0.3 is 9.51 Å². The molecule has 0 atom stereocenters. The maximum absolute atomic E-state index is 11.9. The van der Waals surface area contributed by atoms with E-state index in [4.69, 9.17) is 4.52 Å². The van der Waals surface area contributed by atoms with Crippen molar-refractivity contribution in [1.82, 2.24) is 15.1 Å². The van der Waals surface area contributed by atoms with Crippen LogP contribution in [0.25, 0.3) is 10.6 Å². The first-order valence-electron chi connectivity index (χ1n) is 5.59. The van der Waals surface area contributed by atoms with Crippen molar-refractivity contribution in [3.63, 3.8) is 0 Å². The molecule has 0 radical (unpaired) electrons. The molecule has 3 heterocycles. The third-order valence-electron chi connectivity index (χ3n) is 2.43. The van der Waals surface area contributed by atoms with Gasteiger partial charge in [-0.15, -0.1) is 11.3 Å². The van der Waals surface area contributed by atoms with Gasteiger partial charge in [0.1, 0.15) is 11.4 Å². The number of thiophene rings is 1. The van der Waals surface area contributed by atoms with Crippen LogP contribution in [0, 0.1) is 0 Å². The van der Waals surface area contributed by atoms with E-state index in [1.54, 1.807) is 6.07 Å². The molecule has 0 fully saturated rings. The van der Waals surface area contributed by atoms with Crippen LogP contribution in [0.4, 0.5) is 5.88 Å². The number of amides is 1. The second kappa shape index (κ2) is 5.10. The number of nitrogens with zero attached hydrogens (tertiary/aromatic N) is 2. The fraction of sp³-hybridized carbons (Fsp3) is 0. The van der Waals surface area contributed by atoms with Crippen LogP contribution in [0.3, 0.4) is 0 Å². The molecule has 0 aliphatic heterocycles. The number of aromatic nitrogens is 3. The molecule has 3 aromatic heterocycles. The monoisotopic (exact) mass is 288 g/mol. The Morgan fingerprint density at radius 2 is 2.30 bits per heavy atom. The first-order valence-corrected chi connectivity index (χ1v) is 6.47. The van der Waals surface area contributed by atoms with E-state index in [2.05, 4.69) is 20.4 Å². The maximum Gasteiger partial charge on any atom is 0.276 e. The lowest BCUT2D eigenvalue weighted by Gasteiger charge is -1.98. The lowest BCUT2D eigenvalue weighted by molar-refractivity contribution is 0.101. The van der Waals surface area contributed by atoms with Gasteiger partial charge in [0, 0.05) is 12.1 Å². The van der Waals surface area contributed by atoms with Crippen molar-refractivity contribution in [2.75, 3.05) is 5.32 Å². The van der Waals surface area contributed by atoms with Crippen LogP contribution in [0.2, 0.25) is 0 Å². The second-order valence-corrected chi connectivity index (χ2v) is 4.75. The maximum atomic E-state index is 11.9. The Morgan fingerprint density at radius 1 is 1.40 bits per heavy atom. The van der Waals surface area contributed by atoms with Crippen molar-refractivity contribution in [1.29, 1.82) is 0 Å². The zero-order chi connectivity index (χ0) is 13.9.